The van der Waals surface area contributed by atoms with Gasteiger partial charge in [0.25, 0.3) is 0 Å². The van der Waals surface area contributed by atoms with Crippen LogP contribution < -0.4 is 4.90 Å². The van der Waals surface area contributed by atoms with Crippen LogP contribution in [0.5, 0.6) is 0 Å². The Labute approximate surface area is 182 Å². The number of halogens is 1. The summed E-state index contributed by atoms with van der Waals surface area (Å²) in [5.41, 5.74) is 2.45. The minimum absolute atomic E-state index is 0.0249. The Kier molecular flexibility index (Phi) is 6.68. The van der Waals surface area contributed by atoms with Crippen molar-refractivity contribution in [3.8, 4) is 0 Å². The molecule has 2 heterocycles. The summed E-state index contributed by atoms with van der Waals surface area (Å²) in [6.45, 7) is 6.27. The predicted molar refractivity (Wildman–Crippen MR) is 119 cm³/mol. The lowest BCUT2D eigenvalue weighted by atomic mass is 9.97. The van der Waals surface area contributed by atoms with E-state index in [-0.39, 0.29) is 11.9 Å². The number of rotatable bonds is 6. The van der Waals surface area contributed by atoms with Crippen LogP contribution in [-0.2, 0) is 9.53 Å². The first-order valence-corrected chi connectivity index (χ1v) is 11.6. The number of nitrogens with zero attached hydrogens (tertiary/aromatic N) is 2. The first kappa shape index (κ1) is 20.6. The van der Waals surface area contributed by atoms with Crippen molar-refractivity contribution < 1.29 is 9.53 Å². The second kappa shape index (κ2) is 9.41. The molecule has 29 heavy (non-hydrogen) atoms. The molecule has 0 amide bonds. The fourth-order valence-corrected chi connectivity index (χ4v) is 5.39. The molecule has 4 rings (SSSR count). The van der Waals surface area contributed by atoms with Gasteiger partial charge >= 0.3 is 5.97 Å². The standard InChI is InChI=1S/C23H27ClN2O2S/c1-2-28-23(27)17-10-14-25(15-11-17)12-5-13-26-19-6-3-4-7-21(19)29-22-9-8-18(24)16-20(22)26/h3-4,6-9,16-17H,2,5,10-15H2,1H3. The van der Waals surface area contributed by atoms with Gasteiger partial charge in [0.2, 0.25) is 0 Å². The lowest BCUT2D eigenvalue weighted by molar-refractivity contribution is -0.149. The molecule has 0 bridgehead atoms. The number of esters is 1. The maximum atomic E-state index is 11.9. The number of hydrogen-bond acceptors (Lipinski definition) is 5. The second-order valence-corrected chi connectivity index (χ2v) is 9.08. The SMILES string of the molecule is CCOC(=O)C1CCN(CCCN2c3ccccc3Sc3ccc(Cl)cc32)CC1. The average Bonchev–Trinajstić information content (AvgIpc) is 2.74. The van der Waals surface area contributed by atoms with Crippen LogP contribution in [0.1, 0.15) is 26.2 Å². The highest BCUT2D eigenvalue weighted by atomic mass is 35.5. The van der Waals surface area contributed by atoms with Crippen LogP contribution in [0.15, 0.2) is 52.3 Å². The monoisotopic (exact) mass is 430 g/mol. The molecule has 1 fully saturated rings. The van der Waals surface area contributed by atoms with E-state index in [1.807, 2.05) is 24.8 Å². The molecule has 2 aromatic rings. The largest absolute Gasteiger partial charge is 0.466 e. The van der Waals surface area contributed by atoms with Crippen LogP contribution in [0.25, 0.3) is 0 Å². The average molecular weight is 431 g/mol. The van der Waals surface area contributed by atoms with Crippen molar-refractivity contribution in [3.63, 3.8) is 0 Å². The van der Waals surface area contributed by atoms with Crippen LogP contribution >= 0.6 is 23.4 Å². The molecule has 2 aliphatic rings. The molecule has 0 unspecified atom stereocenters. The summed E-state index contributed by atoms with van der Waals surface area (Å²) in [5.74, 6) is 0.0503. The topological polar surface area (TPSA) is 32.8 Å². The Bertz CT molecular complexity index is 868. The predicted octanol–water partition coefficient (Wildman–Crippen LogP) is 5.61. The maximum Gasteiger partial charge on any atom is 0.309 e. The van der Waals surface area contributed by atoms with Gasteiger partial charge in [-0.2, -0.15) is 0 Å². The summed E-state index contributed by atoms with van der Waals surface area (Å²) >= 11 is 8.11. The Morgan fingerprint density at radius 2 is 1.86 bits per heavy atom. The smallest absolute Gasteiger partial charge is 0.309 e. The van der Waals surface area contributed by atoms with Gasteiger partial charge in [-0.1, -0.05) is 35.5 Å². The third-order valence-electron chi connectivity index (χ3n) is 5.65. The number of ether oxygens (including phenoxy) is 1. The lowest BCUT2D eigenvalue weighted by Gasteiger charge is -2.34. The summed E-state index contributed by atoms with van der Waals surface area (Å²) in [6.07, 6.45) is 2.87. The van der Waals surface area contributed by atoms with E-state index in [1.165, 1.54) is 21.2 Å². The molecule has 6 heteroatoms. The lowest BCUT2D eigenvalue weighted by Crippen LogP contribution is -2.38. The van der Waals surface area contributed by atoms with Crippen LogP contribution in [0, 0.1) is 5.92 Å². The Balaban J connectivity index is 1.37. The number of benzene rings is 2. The van der Waals surface area contributed by atoms with Crippen molar-refractivity contribution in [3.05, 3.63) is 47.5 Å². The molecule has 2 aromatic carbocycles. The van der Waals surface area contributed by atoms with Crippen molar-refractivity contribution in [2.24, 2.45) is 5.92 Å². The molecule has 0 radical (unpaired) electrons. The molecule has 0 atom stereocenters. The van der Waals surface area contributed by atoms with E-state index in [4.69, 9.17) is 16.3 Å². The number of para-hydroxylation sites is 1. The van der Waals surface area contributed by atoms with Crippen molar-refractivity contribution in [2.45, 2.75) is 36.0 Å². The number of piperidine rings is 1. The van der Waals surface area contributed by atoms with Gasteiger partial charge in [0.1, 0.15) is 0 Å². The summed E-state index contributed by atoms with van der Waals surface area (Å²) in [6, 6.07) is 14.7. The van der Waals surface area contributed by atoms with Crippen LogP contribution in [0.2, 0.25) is 5.02 Å². The molecule has 4 nitrogen and oxygen atoms in total. The van der Waals surface area contributed by atoms with Gasteiger partial charge in [-0.15, -0.1) is 0 Å². The maximum absolute atomic E-state index is 11.9. The van der Waals surface area contributed by atoms with Crippen LogP contribution in [0.4, 0.5) is 11.4 Å². The molecule has 0 N–H and O–H groups in total. The van der Waals surface area contributed by atoms with Crippen molar-refractivity contribution in [1.29, 1.82) is 0 Å². The summed E-state index contributed by atoms with van der Waals surface area (Å²) in [4.78, 5) is 19.3. The molecule has 0 spiro atoms. The van der Waals surface area contributed by atoms with Gasteiger partial charge in [-0.25, -0.2) is 0 Å². The van der Waals surface area contributed by atoms with Gasteiger partial charge in [-0.05, 0) is 76.2 Å². The van der Waals surface area contributed by atoms with E-state index in [0.717, 1.165) is 50.5 Å². The number of hydrogen-bond donors (Lipinski definition) is 0. The third kappa shape index (κ3) is 4.73. The second-order valence-electron chi connectivity index (χ2n) is 7.55. The molecular weight excluding hydrogens is 404 g/mol. The molecule has 0 aliphatic carbocycles. The first-order chi connectivity index (χ1) is 14.2. The van der Waals surface area contributed by atoms with E-state index in [0.29, 0.717) is 6.61 Å². The fraction of sp³-hybridized carbons (Fsp3) is 0.435. The van der Waals surface area contributed by atoms with E-state index >= 15 is 0 Å². The van der Waals surface area contributed by atoms with Gasteiger partial charge in [0.05, 0.1) is 23.9 Å². The fourth-order valence-electron chi connectivity index (χ4n) is 4.15. The van der Waals surface area contributed by atoms with Crippen molar-refractivity contribution in [1.82, 2.24) is 4.90 Å². The van der Waals surface area contributed by atoms with Crippen LogP contribution in [-0.4, -0.2) is 43.7 Å². The highest BCUT2D eigenvalue weighted by Crippen LogP contribution is 2.48. The minimum Gasteiger partial charge on any atom is -0.466 e. The van der Waals surface area contributed by atoms with Gasteiger partial charge < -0.3 is 14.5 Å². The van der Waals surface area contributed by atoms with Gasteiger partial charge in [0, 0.05) is 21.4 Å². The number of likely N-dealkylation sites (tertiary alicyclic amines) is 1. The zero-order valence-corrected chi connectivity index (χ0v) is 18.3. The van der Waals surface area contributed by atoms with Gasteiger partial charge in [0.15, 0.2) is 0 Å². The third-order valence-corrected chi connectivity index (χ3v) is 7.02. The first-order valence-electron chi connectivity index (χ1n) is 10.4. The minimum atomic E-state index is -0.0249. The quantitative estimate of drug-likeness (QED) is 0.556. The zero-order chi connectivity index (χ0) is 20.2. The number of anilines is 2. The number of carbonyl (C=O) groups is 1. The van der Waals surface area contributed by atoms with Crippen molar-refractivity contribution >= 4 is 40.7 Å². The van der Waals surface area contributed by atoms with Crippen molar-refractivity contribution in [2.75, 3.05) is 37.7 Å². The zero-order valence-electron chi connectivity index (χ0n) is 16.8. The molecule has 1 saturated heterocycles. The number of carbonyl (C=O) groups excluding carboxylic acids is 1. The molecular formula is C23H27ClN2O2S. The van der Waals surface area contributed by atoms with E-state index < -0.39 is 0 Å². The number of fused-ring (bicyclic) bond motifs is 2. The van der Waals surface area contributed by atoms with Crippen LogP contribution in [0.3, 0.4) is 0 Å². The molecule has 2 aliphatic heterocycles. The normalized spacial score (nSPS) is 17.0. The molecule has 0 saturated carbocycles. The Morgan fingerprint density at radius 3 is 2.66 bits per heavy atom. The van der Waals surface area contributed by atoms with E-state index in [1.54, 1.807) is 0 Å². The Hall–Kier alpha value is -1.69. The van der Waals surface area contributed by atoms with E-state index in [2.05, 4.69) is 46.2 Å². The highest BCUT2D eigenvalue weighted by molar-refractivity contribution is 7.99. The van der Waals surface area contributed by atoms with E-state index in [9.17, 15) is 4.79 Å². The highest BCUT2D eigenvalue weighted by Gasteiger charge is 2.27. The molecule has 0 aromatic heterocycles. The molecule has 154 valence electrons. The summed E-state index contributed by atoms with van der Waals surface area (Å²) in [7, 11) is 0. The van der Waals surface area contributed by atoms with Gasteiger partial charge in [-0.3, -0.25) is 4.79 Å². The summed E-state index contributed by atoms with van der Waals surface area (Å²) < 4.78 is 5.18. The Morgan fingerprint density at radius 1 is 1.10 bits per heavy atom. The summed E-state index contributed by atoms with van der Waals surface area (Å²) in [5, 5.41) is 0.773.